The second kappa shape index (κ2) is 8.04. The zero-order valence-electron chi connectivity index (χ0n) is 8.13. The van der Waals surface area contributed by atoms with E-state index in [0.29, 0.717) is 12.2 Å². The van der Waals surface area contributed by atoms with Gasteiger partial charge < -0.3 is 5.32 Å². The van der Waals surface area contributed by atoms with Crippen LogP contribution in [0.25, 0.3) is 0 Å². The molecule has 0 spiro atoms. The van der Waals surface area contributed by atoms with Crippen LogP contribution >= 0.6 is 27.7 Å². The molecule has 1 atom stereocenters. The van der Waals surface area contributed by atoms with Crippen LogP contribution in [0.15, 0.2) is 0 Å². The Morgan fingerprint density at radius 1 is 1.47 bits per heavy atom. The van der Waals surface area contributed by atoms with Crippen LogP contribution in [0.4, 0.5) is 8.78 Å². The van der Waals surface area contributed by atoms with Crippen LogP contribution < -0.4 is 5.32 Å². The number of hydrogen-bond donors (Lipinski definition) is 1. The lowest BCUT2D eigenvalue weighted by molar-refractivity contribution is -0.134. The zero-order chi connectivity index (χ0) is 11.8. The van der Waals surface area contributed by atoms with Gasteiger partial charge in [-0.25, -0.2) is 0 Å². The van der Waals surface area contributed by atoms with Gasteiger partial charge in [0.25, 0.3) is 5.91 Å². The highest BCUT2D eigenvalue weighted by Crippen LogP contribution is 2.04. The minimum absolute atomic E-state index is 0.0512. The van der Waals surface area contributed by atoms with Crippen molar-refractivity contribution >= 4 is 39.4 Å². The van der Waals surface area contributed by atoms with Gasteiger partial charge in [-0.1, -0.05) is 15.9 Å². The number of Topliss-reactive ketones (excluding diaryl/α,β-unsaturated/α-hetero) is 1. The van der Waals surface area contributed by atoms with Crippen LogP contribution in [-0.4, -0.2) is 41.5 Å². The van der Waals surface area contributed by atoms with Crippen molar-refractivity contribution in [1.82, 2.24) is 5.32 Å². The third kappa shape index (κ3) is 6.09. The molecule has 0 rings (SSSR count). The molecule has 3 nitrogen and oxygen atoms in total. The van der Waals surface area contributed by atoms with E-state index in [1.165, 1.54) is 11.8 Å². The van der Waals surface area contributed by atoms with Gasteiger partial charge in [-0.15, -0.1) is 0 Å². The third-order valence-corrected chi connectivity index (χ3v) is 2.84. The molecule has 0 aromatic rings. The molecule has 0 radical (unpaired) electrons. The summed E-state index contributed by atoms with van der Waals surface area (Å²) in [6, 6.07) is -0.821. The normalized spacial score (nSPS) is 12.6. The summed E-state index contributed by atoms with van der Waals surface area (Å²) >= 11 is 4.43. The van der Waals surface area contributed by atoms with Crippen LogP contribution in [0.3, 0.4) is 0 Å². The molecule has 0 aliphatic rings. The molecule has 1 N–H and O–H groups in total. The van der Waals surface area contributed by atoms with Crippen LogP contribution in [0, 0.1) is 0 Å². The molecule has 0 heterocycles. The van der Waals surface area contributed by atoms with Crippen molar-refractivity contribution in [1.29, 1.82) is 0 Å². The number of thioether (sulfide) groups is 1. The molecule has 0 aliphatic heterocycles. The highest BCUT2D eigenvalue weighted by atomic mass is 79.9. The maximum atomic E-state index is 11.9. The number of carbonyl (C=O) groups excluding carboxylic acids is 2. The highest BCUT2D eigenvalue weighted by molar-refractivity contribution is 9.09. The Kier molecular flexibility index (Phi) is 7.95. The summed E-state index contributed by atoms with van der Waals surface area (Å²) in [4.78, 5) is 22.0. The van der Waals surface area contributed by atoms with E-state index < -0.39 is 18.4 Å². The van der Waals surface area contributed by atoms with E-state index >= 15 is 0 Å². The molecule has 88 valence electrons. The Balaban J connectivity index is 4.23. The number of carbonyl (C=O) groups is 2. The predicted molar refractivity (Wildman–Crippen MR) is 59.7 cm³/mol. The SMILES string of the molecule is CSCCC(NC(=O)C(F)F)C(=O)CBr. The number of ketones is 1. The summed E-state index contributed by atoms with van der Waals surface area (Å²) in [5, 5.41) is 2.07. The monoisotopic (exact) mass is 303 g/mol. The van der Waals surface area contributed by atoms with Gasteiger partial charge in [0.1, 0.15) is 0 Å². The quantitative estimate of drug-likeness (QED) is 0.724. The van der Waals surface area contributed by atoms with Crippen LogP contribution in [0.1, 0.15) is 6.42 Å². The first-order valence-corrected chi connectivity index (χ1v) is 6.70. The summed E-state index contributed by atoms with van der Waals surface area (Å²) in [6.45, 7) is 0. The van der Waals surface area contributed by atoms with Crippen molar-refractivity contribution in [2.75, 3.05) is 17.3 Å². The van der Waals surface area contributed by atoms with Crippen LogP contribution in [0.2, 0.25) is 0 Å². The lowest BCUT2D eigenvalue weighted by atomic mass is 10.1. The van der Waals surface area contributed by atoms with E-state index in [0.717, 1.165) is 0 Å². The molecule has 0 saturated heterocycles. The largest absolute Gasteiger partial charge is 0.341 e. The molecule has 15 heavy (non-hydrogen) atoms. The van der Waals surface area contributed by atoms with E-state index in [1.807, 2.05) is 11.6 Å². The Morgan fingerprint density at radius 2 is 2.07 bits per heavy atom. The molecule has 7 heteroatoms. The summed E-state index contributed by atoms with van der Waals surface area (Å²) in [6.07, 6.45) is -0.876. The number of alkyl halides is 3. The number of rotatable bonds is 7. The Hall–Kier alpha value is -0.170. The van der Waals surface area contributed by atoms with Gasteiger partial charge in [-0.2, -0.15) is 20.5 Å². The van der Waals surface area contributed by atoms with Crippen LogP contribution in [0.5, 0.6) is 0 Å². The number of nitrogens with one attached hydrogen (secondary N) is 1. The summed E-state index contributed by atoms with van der Waals surface area (Å²) < 4.78 is 23.9. The summed E-state index contributed by atoms with van der Waals surface area (Å²) in [5.41, 5.74) is 0. The zero-order valence-corrected chi connectivity index (χ0v) is 10.5. The molecule has 1 unspecified atom stereocenters. The first-order chi connectivity index (χ1) is 7.02. The summed E-state index contributed by atoms with van der Waals surface area (Å²) in [5.74, 6) is -1.05. The van der Waals surface area contributed by atoms with Crippen molar-refractivity contribution in [3.8, 4) is 0 Å². The lowest BCUT2D eigenvalue weighted by Crippen LogP contribution is -2.44. The molecular formula is C8H12BrF2NO2S. The lowest BCUT2D eigenvalue weighted by Gasteiger charge is -2.15. The molecule has 0 saturated carbocycles. The minimum atomic E-state index is -3.08. The standard InChI is InChI=1S/C8H12BrF2NO2S/c1-15-3-2-5(6(13)4-9)12-8(14)7(10)11/h5,7H,2-4H2,1H3,(H,12,14). The second-order valence-electron chi connectivity index (χ2n) is 2.74. The minimum Gasteiger partial charge on any atom is -0.341 e. The van der Waals surface area contributed by atoms with E-state index in [1.54, 1.807) is 0 Å². The van der Waals surface area contributed by atoms with Gasteiger partial charge in [0, 0.05) is 0 Å². The average Bonchev–Trinajstić information content (AvgIpc) is 2.22. The van der Waals surface area contributed by atoms with Gasteiger partial charge >= 0.3 is 6.43 Å². The molecular weight excluding hydrogens is 292 g/mol. The maximum absolute atomic E-state index is 11.9. The molecule has 0 aromatic heterocycles. The second-order valence-corrected chi connectivity index (χ2v) is 4.29. The van der Waals surface area contributed by atoms with E-state index in [4.69, 9.17) is 0 Å². The third-order valence-electron chi connectivity index (χ3n) is 1.65. The first kappa shape index (κ1) is 14.8. The van der Waals surface area contributed by atoms with E-state index in [2.05, 4.69) is 15.9 Å². The maximum Gasteiger partial charge on any atom is 0.315 e. The molecule has 0 aromatic carbocycles. The molecule has 0 bridgehead atoms. The molecule has 0 aliphatic carbocycles. The van der Waals surface area contributed by atoms with Crippen LogP contribution in [-0.2, 0) is 9.59 Å². The van der Waals surface area contributed by atoms with Crippen molar-refractivity contribution in [2.24, 2.45) is 0 Å². The topological polar surface area (TPSA) is 46.2 Å². The number of hydrogen-bond acceptors (Lipinski definition) is 3. The number of halogens is 3. The molecule has 1 amide bonds. The van der Waals surface area contributed by atoms with Gasteiger partial charge in [0.15, 0.2) is 5.78 Å². The van der Waals surface area contributed by atoms with E-state index in [9.17, 15) is 18.4 Å². The highest BCUT2D eigenvalue weighted by Gasteiger charge is 2.23. The van der Waals surface area contributed by atoms with Crippen molar-refractivity contribution in [3.63, 3.8) is 0 Å². The molecule has 0 fully saturated rings. The number of amides is 1. The van der Waals surface area contributed by atoms with Crippen molar-refractivity contribution in [2.45, 2.75) is 18.9 Å². The van der Waals surface area contributed by atoms with Gasteiger partial charge in [0.2, 0.25) is 0 Å². The van der Waals surface area contributed by atoms with E-state index in [-0.39, 0.29) is 11.1 Å². The average molecular weight is 304 g/mol. The predicted octanol–water partition coefficient (Wildman–Crippen LogP) is 1.45. The Labute approximate surface area is 99.5 Å². The van der Waals surface area contributed by atoms with Crippen molar-refractivity contribution in [3.05, 3.63) is 0 Å². The summed E-state index contributed by atoms with van der Waals surface area (Å²) in [7, 11) is 0. The fourth-order valence-corrected chi connectivity index (χ4v) is 1.74. The fraction of sp³-hybridized carbons (Fsp3) is 0.750. The van der Waals surface area contributed by atoms with Crippen molar-refractivity contribution < 1.29 is 18.4 Å². The van der Waals surface area contributed by atoms with Gasteiger partial charge in [0.05, 0.1) is 11.4 Å². The van der Waals surface area contributed by atoms with Gasteiger partial charge in [-0.3, -0.25) is 9.59 Å². The van der Waals surface area contributed by atoms with Gasteiger partial charge in [-0.05, 0) is 18.4 Å². The fourth-order valence-electron chi connectivity index (χ4n) is 0.877. The Morgan fingerprint density at radius 3 is 2.47 bits per heavy atom. The smallest absolute Gasteiger partial charge is 0.315 e. The Bertz CT molecular complexity index is 229. The first-order valence-electron chi connectivity index (χ1n) is 4.19.